The Morgan fingerprint density at radius 3 is 2.71 bits per heavy atom. The molecule has 2 aromatic rings. The van der Waals surface area contributed by atoms with Crippen molar-refractivity contribution < 1.29 is 4.74 Å². The van der Waals surface area contributed by atoms with Crippen LogP contribution in [0.5, 0.6) is 0 Å². The second-order valence-corrected chi connectivity index (χ2v) is 4.96. The molecule has 0 spiro atoms. The van der Waals surface area contributed by atoms with E-state index in [0.29, 0.717) is 25.5 Å². The first-order chi connectivity index (χ1) is 10.2. The van der Waals surface area contributed by atoms with Gasteiger partial charge in [-0.3, -0.25) is 0 Å². The molecule has 0 bridgehead atoms. The lowest BCUT2D eigenvalue weighted by atomic mass is 10.1. The van der Waals surface area contributed by atoms with Crippen molar-refractivity contribution in [2.45, 2.75) is 27.0 Å². The van der Waals surface area contributed by atoms with Gasteiger partial charge in [0.2, 0.25) is 0 Å². The molecule has 0 fully saturated rings. The lowest BCUT2D eigenvalue weighted by Crippen LogP contribution is -2.04. The summed E-state index contributed by atoms with van der Waals surface area (Å²) in [5.41, 5.74) is 5.16. The minimum atomic E-state index is 0.608. The first-order valence-electron chi connectivity index (χ1n) is 7.12. The number of hydrogen-bond donors (Lipinski definition) is 1. The fraction of sp³-hybridized carbons (Fsp3) is 0.353. The van der Waals surface area contributed by atoms with Gasteiger partial charge in [0.1, 0.15) is 11.8 Å². The summed E-state index contributed by atoms with van der Waals surface area (Å²) in [6.07, 6.45) is 0. The first-order valence-corrected chi connectivity index (χ1v) is 7.12. The van der Waals surface area contributed by atoms with Crippen LogP contribution in [0.3, 0.4) is 0 Å². The zero-order chi connectivity index (χ0) is 15.2. The average Bonchev–Trinajstić information content (AvgIpc) is 2.79. The molecule has 0 aliphatic carbocycles. The summed E-state index contributed by atoms with van der Waals surface area (Å²) in [6, 6.07) is 12.3. The van der Waals surface area contributed by atoms with Crippen LogP contribution in [0.1, 0.15) is 29.4 Å². The summed E-state index contributed by atoms with van der Waals surface area (Å²) in [5.74, 6) is 0. The van der Waals surface area contributed by atoms with Crippen molar-refractivity contribution in [1.82, 2.24) is 4.57 Å². The SMILES string of the molecule is CCOCc1ccccc1NCc1cc(C#N)n(C)c1C. The van der Waals surface area contributed by atoms with Crippen molar-refractivity contribution in [3.63, 3.8) is 0 Å². The number of anilines is 1. The number of nitrogens with one attached hydrogen (secondary N) is 1. The van der Waals surface area contributed by atoms with Crippen molar-refractivity contribution >= 4 is 5.69 Å². The van der Waals surface area contributed by atoms with Crippen molar-refractivity contribution in [1.29, 1.82) is 5.26 Å². The summed E-state index contributed by atoms with van der Waals surface area (Å²) < 4.78 is 7.41. The molecule has 4 heteroatoms. The zero-order valence-corrected chi connectivity index (χ0v) is 12.8. The maximum Gasteiger partial charge on any atom is 0.120 e. The minimum Gasteiger partial charge on any atom is -0.381 e. The lowest BCUT2D eigenvalue weighted by molar-refractivity contribution is 0.134. The highest BCUT2D eigenvalue weighted by Gasteiger charge is 2.09. The predicted octanol–water partition coefficient (Wildman–Crippen LogP) is 3.35. The second kappa shape index (κ2) is 6.96. The molecule has 0 unspecified atom stereocenters. The molecule has 0 radical (unpaired) electrons. The van der Waals surface area contributed by atoms with Gasteiger partial charge < -0.3 is 14.6 Å². The van der Waals surface area contributed by atoms with E-state index >= 15 is 0 Å². The van der Waals surface area contributed by atoms with E-state index in [9.17, 15) is 0 Å². The van der Waals surface area contributed by atoms with Gasteiger partial charge in [-0.25, -0.2) is 0 Å². The van der Waals surface area contributed by atoms with Crippen molar-refractivity contribution in [2.75, 3.05) is 11.9 Å². The fourth-order valence-corrected chi connectivity index (χ4v) is 2.27. The van der Waals surface area contributed by atoms with Crippen LogP contribution in [0.2, 0.25) is 0 Å². The Morgan fingerprint density at radius 2 is 2.05 bits per heavy atom. The Kier molecular flexibility index (Phi) is 5.02. The van der Waals surface area contributed by atoms with E-state index < -0.39 is 0 Å². The monoisotopic (exact) mass is 283 g/mol. The highest BCUT2D eigenvalue weighted by atomic mass is 16.5. The lowest BCUT2D eigenvalue weighted by Gasteiger charge is -2.12. The molecule has 0 saturated carbocycles. The van der Waals surface area contributed by atoms with Gasteiger partial charge in [-0.1, -0.05) is 18.2 Å². The van der Waals surface area contributed by atoms with Crippen LogP contribution in [-0.2, 0) is 24.9 Å². The second-order valence-electron chi connectivity index (χ2n) is 4.96. The molecule has 1 heterocycles. The molecule has 110 valence electrons. The molecular weight excluding hydrogens is 262 g/mol. The maximum absolute atomic E-state index is 9.07. The van der Waals surface area contributed by atoms with E-state index in [4.69, 9.17) is 10.00 Å². The zero-order valence-electron chi connectivity index (χ0n) is 12.8. The van der Waals surface area contributed by atoms with Crippen molar-refractivity contribution in [2.24, 2.45) is 7.05 Å². The Morgan fingerprint density at radius 1 is 1.29 bits per heavy atom. The quantitative estimate of drug-likeness (QED) is 0.884. The summed E-state index contributed by atoms with van der Waals surface area (Å²) in [7, 11) is 1.92. The number of aromatic nitrogens is 1. The molecular formula is C17H21N3O. The Bertz CT molecular complexity index is 653. The third-order valence-electron chi connectivity index (χ3n) is 3.70. The molecule has 0 saturated heterocycles. The Labute approximate surface area is 126 Å². The largest absolute Gasteiger partial charge is 0.381 e. The number of nitrogens with zero attached hydrogens (tertiary/aromatic N) is 2. The van der Waals surface area contributed by atoms with Crippen LogP contribution in [0.15, 0.2) is 30.3 Å². The smallest absolute Gasteiger partial charge is 0.120 e. The van der Waals surface area contributed by atoms with E-state index in [1.807, 2.05) is 43.7 Å². The first kappa shape index (κ1) is 15.1. The van der Waals surface area contributed by atoms with Crippen LogP contribution in [0.25, 0.3) is 0 Å². The van der Waals surface area contributed by atoms with Crippen molar-refractivity contribution in [3.05, 3.63) is 52.8 Å². The van der Waals surface area contributed by atoms with Crippen LogP contribution in [0, 0.1) is 18.3 Å². The van der Waals surface area contributed by atoms with E-state index in [-0.39, 0.29) is 0 Å². The molecule has 1 aromatic heterocycles. The van der Waals surface area contributed by atoms with Crippen LogP contribution in [0.4, 0.5) is 5.69 Å². The standard InChI is InChI=1S/C17H21N3O/c1-4-21-12-14-7-5-6-8-17(14)19-11-15-9-16(10-18)20(3)13(15)2/h5-9,19H,4,11-12H2,1-3H3. The summed E-state index contributed by atoms with van der Waals surface area (Å²) in [5, 5.41) is 12.5. The normalized spacial score (nSPS) is 10.4. The summed E-state index contributed by atoms with van der Waals surface area (Å²) >= 11 is 0. The number of nitriles is 1. The molecule has 0 amide bonds. The van der Waals surface area contributed by atoms with E-state index in [0.717, 1.165) is 22.5 Å². The van der Waals surface area contributed by atoms with Gasteiger partial charge in [0.25, 0.3) is 0 Å². The molecule has 0 atom stereocenters. The average molecular weight is 283 g/mol. The van der Waals surface area contributed by atoms with E-state index in [2.05, 4.69) is 23.5 Å². The highest BCUT2D eigenvalue weighted by molar-refractivity contribution is 5.51. The van der Waals surface area contributed by atoms with Gasteiger partial charge in [0, 0.05) is 37.1 Å². The van der Waals surface area contributed by atoms with Gasteiger partial charge in [-0.2, -0.15) is 5.26 Å². The number of para-hydroxylation sites is 1. The molecule has 0 aliphatic heterocycles. The minimum absolute atomic E-state index is 0.608. The summed E-state index contributed by atoms with van der Waals surface area (Å²) in [4.78, 5) is 0. The van der Waals surface area contributed by atoms with Crippen LogP contribution in [-0.4, -0.2) is 11.2 Å². The molecule has 1 N–H and O–H groups in total. The summed E-state index contributed by atoms with van der Waals surface area (Å²) in [6.45, 7) is 6.04. The van der Waals surface area contributed by atoms with Crippen LogP contribution >= 0.6 is 0 Å². The van der Waals surface area contributed by atoms with Crippen molar-refractivity contribution in [3.8, 4) is 6.07 Å². The third kappa shape index (κ3) is 3.45. The van der Waals surface area contributed by atoms with E-state index in [1.165, 1.54) is 0 Å². The molecule has 21 heavy (non-hydrogen) atoms. The fourth-order valence-electron chi connectivity index (χ4n) is 2.27. The maximum atomic E-state index is 9.07. The van der Waals surface area contributed by atoms with Crippen LogP contribution < -0.4 is 5.32 Å². The molecule has 2 rings (SSSR count). The van der Waals surface area contributed by atoms with Gasteiger partial charge in [-0.05, 0) is 31.5 Å². The Balaban J connectivity index is 2.12. The number of benzene rings is 1. The molecule has 4 nitrogen and oxygen atoms in total. The number of hydrogen-bond acceptors (Lipinski definition) is 3. The molecule has 0 aliphatic rings. The van der Waals surface area contributed by atoms with E-state index in [1.54, 1.807) is 0 Å². The molecule has 1 aromatic carbocycles. The van der Waals surface area contributed by atoms with Gasteiger partial charge in [-0.15, -0.1) is 0 Å². The third-order valence-corrected chi connectivity index (χ3v) is 3.70. The van der Waals surface area contributed by atoms with Gasteiger partial charge >= 0.3 is 0 Å². The Hall–Kier alpha value is -2.25. The topological polar surface area (TPSA) is 50.0 Å². The van der Waals surface area contributed by atoms with Gasteiger partial charge in [0.05, 0.1) is 6.61 Å². The number of rotatable bonds is 6. The highest BCUT2D eigenvalue weighted by Crippen LogP contribution is 2.19. The van der Waals surface area contributed by atoms with Gasteiger partial charge in [0.15, 0.2) is 0 Å². The predicted molar refractivity (Wildman–Crippen MR) is 84.0 cm³/mol. The number of ether oxygens (including phenoxy) is 1.